The number of hydrazine groups is 1. The lowest BCUT2D eigenvalue weighted by molar-refractivity contribution is 0.466. The zero-order valence-corrected chi connectivity index (χ0v) is 13.0. The van der Waals surface area contributed by atoms with Crippen molar-refractivity contribution in [1.29, 1.82) is 0 Å². The third-order valence-electron chi connectivity index (χ3n) is 2.80. The Morgan fingerprint density at radius 2 is 1.95 bits per heavy atom. The standard InChI is InChI=1S/C14H10BrClN4O/c15-10-7-8(16)5-6-12(10)21-13-9-3-1-2-4-11(9)18-14(19-13)20-17/h1-7H,17H2,(H,18,19,20). The van der Waals surface area contributed by atoms with E-state index >= 15 is 0 Å². The van der Waals surface area contributed by atoms with E-state index in [-0.39, 0.29) is 5.95 Å². The highest BCUT2D eigenvalue weighted by Gasteiger charge is 2.11. The molecule has 0 radical (unpaired) electrons. The van der Waals surface area contributed by atoms with Crippen molar-refractivity contribution in [1.82, 2.24) is 9.97 Å². The van der Waals surface area contributed by atoms with Gasteiger partial charge >= 0.3 is 0 Å². The molecule has 3 rings (SSSR count). The number of aromatic nitrogens is 2. The minimum Gasteiger partial charge on any atom is -0.437 e. The van der Waals surface area contributed by atoms with Crippen molar-refractivity contribution >= 4 is 44.4 Å². The Morgan fingerprint density at radius 1 is 1.14 bits per heavy atom. The van der Waals surface area contributed by atoms with Gasteiger partial charge in [-0.25, -0.2) is 10.8 Å². The van der Waals surface area contributed by atoms with E-state index in [0.29, 0.717) is 16.7 Å². The van der Waals surface area contributed by atoms with Crippen molar-refractivity contribution in [3.05, 3.63) is 52.0 Å². The van der Waals surface area contributed by atoms with Gasteiger partial charge in [0.25, 0.3) is 0 Å². The van der Waals surface area contributed by atoms with Crippen molar-refractivity contribution in [2.45, 2.75) is 0 Å². The third kappa shape index (κ3) is 2.92. The van der Waals surface area contributed by atoms with Gasteiger partial charge in [0.2, 0.25) is 11.8 Å². The quantitative estimate of drug-likeness (QED) is 0.539. The lowest BCUT2D eigenvalue weighted by Gasteiger charge is -2.10. The molecule has 3 aromatic rings. The lowest BCUT2D eigenvalue weighted by atomic mass is 10.2. The Balaban J connectivity index is 2.10. The summed E-state index contributed by atoms with van der Waals surface area (Å²) in [5, 5.41) is 1.41. The van der Waals surface area contributed by atoms with Crippen LogP contribution in [0, 0.1) is 0 Å². The van der Waals surface area contributed by atoms with Gasteiger partial charge in [-0.3, -0.25) is 5.43 Å². The third-order valence-corrected chi connectivity index (χ3v) is 3.65. The van der Waals surface area contributed by atoms with Gasteiger partial charge in [0, 0.05) is 5.02 Å². The summed E-state index contributed by atoms with van der Waals surface area (Å²) < 4.78 is 6.60. The van der Waals surface area contributed by atoms with Gasteiger partial charge < -0.3 is 4.74 Å². The molecular formula is C14H10BrClN4O. The monoisotopic (exact) mass is 364 g/mol. The van der Waals surface area contributed by atoms with E-state index in [1.165, 1.54) is 0 Å². The van der Waals surface area contributed by atoms with E-state index in [0.717, 1.165) is 15.4 Å². The highest BCUT2D eigenvalue weighted by atomic mass is 79.9. The molecule has 106 valence electrons. The Morgan fingerprint density at radius 3 is 2.71 bits per heavy atom. The van der Waals surface area contributed by atoms with Crippen molar-refractivity contribution in [3.63, 3.8) is 0 Å². The molecule has 0 bridgehead atoms. The summed E-state index contributed by atoms with van der Waals surface area (Å²) in [5.41, 5.74) is 3.17. The number of anilines is 1. The molecule has 0 fully saturated rings. The van der Waals surface area contributed by atoms with Crippen LogP contribution in [0.3, 0.4) is 0 Å². The van der Waals surface area contributed by atoms with Gasteiger partial charge in [0.05, 0.1) is 15.4 Å². The van der Waals surface area contributed by atoms with Gasteiger partial charge in [0.1, 0.15) is 5.75 Å². The van der Waals surface area contributed by atoms with Crippen molar-refractivity contribution in [2.24, 2.45) is 5.84 Å². The Labute approximate surface area is 134 Å². The number of benzene rings is 2. The Bertz CT molecular complexity index is 812. The topological polar surface area (TPSA) is 73.1 Å². The number of para-hydroxylation sites is 1. The largest absolute Gasteiger partial charge is 0.437 e. The Hall–Kier alpha value is -1.89. The molecule has 0 aliphatic heterocycles. The van der Waals surface area contributed by atoms with Crippen molar-refractivity contribution in [3.8, 4) is 11.6 Å². The first-order valence-electron chi connectivity index (χ1n) is 6.03. The van der Waals surface area contributed by atoms with E-state index in [4.69, 9.17) is 22.2 Å². The van der Waals surface area contributed by atoms with E-state index in [9.17, 15) is 0 Å². The van der Waals surface area contributed by atoms with E-state index in [1.54, 1.807) is 18.2 Å². The van der Waals surface area contributed by atoms with Gasteiger partial charge in [-0.05, 0) is 46.3 Å². The molecule has 0 saturated carbocycles. The molecule has 5 nitrogen and oxygen atoms in total. The molecule has 1 aromatic heterocycles. The minimum atomic E-state index is 0.286. The molecule has 0 aliphatic carbocycles. The second-order valence-corrected chi connectivity index (χ2v) is 5.48. The minimum absolute atomic E-state index is 0.286. The zero-order valence-electron chi connectivity index (χ0n) is 10.7. The summed E-state index contributed by atoms with van der Waals surface area (Å²) in [4.78, 5) is 8.53. The molecule has 0 saturated heterocycles. The van der Waals surface area contributed by atoms with Crippen molar-refractivity contribution < 1.29 is 4.74 Å². The van der Waals surface area contributed by atoms with Crippen LogP contribution in [0.4, 0.5) is 5.95 Å². The first-order valence-corrected chi connectivity index (χ1v) is 7.21. The Kier molecular flexibility index (Phi) is 3.92. The number of hydrogen-bond acceptors (Lipinski definition) is 5. The molecule has 0 aliphatic rings. The molecule has 0 atom stereocenters. The zero-order chi connectivity index (χ0) is 14.8. The van der Waals surface area contributed by atoms with Crippen LogP contribution in [0.2, 0.25) is 5.02 Å². The summed E-state index contributed by atoms with van der Waals surface area (Å²) in [6, 6.07) is 12.8. The summed E-state index contributed by atoms with van der Waals surface area (Å²) >= 11 is 9.34. The fraction of sp³-hybridized carbons (Fsp3) is 0. The number of hydrogen-bond donors (Lipinski definition) is 2. The van der Waals surface area contributed by atoms with Gasteiger partial charge in [-0.2, -0.15) is 4.98 Å². The molecule has 3 N–H and O–H groups in total. The SMILES string of the molecule is NNc1nc(Oc2ccc(Cl)cc2Br)c2ccccc2n1. The maximum absolute atomic E-state index is 5.92. The molecular weight excluding hydrogens is 356 g/mol. The predicted molar refractivity (Wildman–Crippen MR) is 86.6 cm³/mol. The number of halogens is 2. The maximum Gasteiger partial charge on any atom is 0.241 e. The second-order valence-electron chi connectivity index (χ2n) is 4.19. The summed E-state index contributed by atoms with van der Waals surface area (Å²) in [6.45, 7) is 0. The summed E-state index contributed by atoms with van der Waals surface area (Å²) in [6.07, 6.45) is 0. The molecule has 2 aromatic carbocycles. The number of fused-ring (bicyclic) bond motifs is 1. The average Bonchev–Trinajstić information content (AvgIpc) is 2.49. The number of nitrogens with zero attached hydrogens (tertiary/aromatic N) is 2. The number of nitrogens with one attached hydrogen (secondary N) is 1. The first kappa shape index (κ1) is 14.1. The molecule has 0 spiro atoms. The molecule has 1 heterocycles. The molecule has 0 unspecified atom stereocenters. The number of rotatable bonds is 3. The van der Waals surface area contributed by atoms with E-state index in [2.05, 4.69) is 31.3 Å². The van der Waals surface area contributed by atoms with Gasteiger partial charge in [0.15, 0.2) is 0 Å². The number of nitrogens with two attached hydrogens (primary N) is 1. The van der Waals surface area contributed by atoms with Gasteiger partial charge in [-0.1, -0.05) is 23.7 Å². The van der Waals surface area contributed by atoms with Crippen LogP contribution in [0.15, 0.2) is 46.9 Å². The van der Waals surface area contributed by atoms with Crippen LogP contribution in [0.1, 0.15) is 0 Å². The lowest BCUT2D eigenvalue weighted by Crippen LogP contribution is -2.11. The normalized spacial score (nSPS) is 10.6. The number of ether oxygens (including phenoxy) is 1. The van der Waals surface area contributed by atoms with E-state index < -0.39 is 0 Å². The fourth-order valence-corrected chi connectivity index (χ4v) is 2.62. The van der Waals surface area contributed by atoms with Crippen LogP contribution in [-0.4, -0.2) is 9.97 Å². The molecule has 0 amide bonds. The first-order chi connectivity index (χ1) is 10.2. The second kappa shape index (κ2) is 5.85. The highest BCUT2D eigenvalue weighted by molar-refractivity contribution is 9.10. The number of nitrogen functional groups attached to an aromatic ring is 1. The van der Waals surface area contributed by atoms with E-state index in [1.807, 2.05) is 24.3 Å². The van der Waals surface area contributed by atoms with Crippen LogP contribution in [0.5, 0.6) is 11.6 Å². The molecule has 21 heavy (non-hydrogen) atoms. The predicted octanol–water partition coefficient (Wildman–Crippen LogP) is 4.12. The average molecular weight is 366 g/mol. The smallest absolute Gasteiger partial charge is 0.241 e. The van der Waals surface area contributed by atoms with Crippen molar-refractivity contribution in [2.75, 3.05) is 5.43 Å². The summed E-state index contributed by atoms with van der Waals surface area (Å²) in [7, 11) is 0. The van der Waals surface area contributed by atoms with Crippen LogP contribution in [-0.2, 0) is 0 Å². The summed E-state index contributed by atoms with van der Waals surface area (Å²) in [5.74, 6) is 6.70. The maximum atomic E-state index is 5.92. The fourth-order valence-electron chi connectivity index (χ4n) is 1.85. The molecule has 7 heteroatoms. The van der Waals surface area contributed by atoms with Gasteiger partial charge in [-0.15, -0.1) is 0 Å². The van der Waals surface area contributed by atoms with Crippen LogP contribution >= 0.6 is 27.5 Å². The van der Waals surface area contributed by atoms with Crippen LogP contribution < -0.4 is 16.0 Å². The highest BCUT2D eigenvalue weighted by Crippen LogP contribution is 2.34. The van der Waals surface area contributed by atoms with Crippen LogP contribution in [0.25, 0.3) is 10.9 Å².